The van der Waals surface area contributed by atoms with Gasteiger partial charge in [-0.05, 0) is 18.2 Å². The average molecular weight is 306 g/mol. The third-order valence-corrected chi connectivity index (χ3v) is 4.28. The maximum Gasteiger partial charge on any atom is 0.338 e. The van der Waals surface area contributed by atoms with Crippen LogP contribution in [0.4, 0.5) is 5.69 Å². The van der Waals surface area contributed by atoms with E-state index in [1.54, 1.807) is 23.1 Å². The van der Waals surface area contributed by atoms with Crippen molar-refractivity contribution in [1.29, 1.82) is 0 Å². The first-order chi connectivity index (χ1) is 9.97. The molecule has 0 aliphatic carbocycles. The number of benzene rings is 1. The predicted molar refractivity (Wildman–Crippen MR) is 74.0 cm³/mol. The number of para-hydroxylation sites is 1. The molecule has 8 heteroatoms. The van der Waals surface area contributed by atoms with E-state index in [9.17, 15) is 13.2 Å². The fourth-order valence-corrected chi connectivity index (χ4v) is 3.07. The molecular formula is C13H10N2O5S. The lowest BCUT2D eigenvalue weighted by Crippen LogP contribution is -2.26. The van der Waals surface area contributed by atoms with E-state index in [0.29, 0.717) is 11.4 Å². The summed E-state index contributed by atoms with van der Waals surface area (Å²) in [4.78, 5) is 12.5. The van der Waals surface area contributed by atoms with Crippen LogP contribution in [0, 0.1) is 0 Å². The van der Waals surface area contributed by atoms with Gasteiger partial charge in [0, 0.05) is 0 Å². The smallest absolute Gasteiger partial charge is 0.338 e. The van der Waals surface area contributed by atoms with Crippen LogP contribution >= 0.6 is 0 Å². The average Bonchev–Trinajstić information content (AvgIpc) is 2.91. The first-order valence-corrected chi connectivity index (χ1v) is 7.38. The number of hydrogen-bond acceptors (Lipinski definition) is 5. The summed E-state index contributed by atoms with van der Waals surface area (Å²) >= 11 is 0. The van der Waals surface area contributed by atoms with Gasteiger partial charge in [0.15, 0.2) is 0 Å². The summed E-state index contributed by atoms with van der Waals surface area (Å²) in [6.07, 6.45) is 2.34. The van der Waals surface area contributed by atoms with Gasteiger partial charge in [-0.1, -0.05) is 12.1 Å². The summed E-state index contributed by atoms with van der Waals surface area (Å²) in [5.74, 6) is -0.687. The van der Waals surface area contributed by atoms with Crippen LogP contribution in [0.2, 0.25) is 0 Å². The zero-order valence-corrected chi connectivity index (χ0v) is 11.4. The largest absolute Gasteiger partial charge is 0.478 e. The van der Waals surface area contributed by atoms with E-state index < -0.39 is 16.0 Å². The Morgan fingerprint density at radius 3 is 2.81 bits per heavy atom. The van der Waals surface area contributed by atoms with Crippen molar-refractivity contribution in [2.75, 3.05) is 4.90 Å². The lowest BCUT2D eigenvalue weighted by atomic mass is 10.2. The molecule has 0 amide bonds. The van der Waals surface area contributed by atoms with Crippen LogP contribution in [0.1, 0.15) is 16.1 Å². The van der Waals surface area contributed by atoms with Gasteiger partial charge in [0.25, 0.3) is 10.0 Å². The van der Waals surface area contributed by atoms with Gasteiger partial charge in [0.1, 0.15) is 23.3 Å². The normalized spacial score (nSPS) is 15.7. The number of aromatic carboxylic acids is 1. The van der Waals surface area contributed by atoms with Crippen LogP contribution in [0.25, 0.3) is 0 Å². The Morgan fingerprint density at radius 2 is 2.10 bits per heavy atom. The SMILES string of the molecule is O=C(O)c1coc(CN2C=NS(=O)(=O)c3ccccc32)c1. The second kappa shape index (κ2) is 4.74. The molecule has 0 atom stereocenters. The molecule has 2 heterocycles. The Balaban J connectivity index is 1.95. The maximum absolute atomic E-state index is 11.8. The Labute approximate surface area is 120 Å². The van der Waals surface area contributed by atoms with Crippen molar-refractivity contribution in [2.45, 2.75) is 11.4 Å². The number of sulfonamides is 1. The highest BCUT2D eigenvalue weighted by Gasteiger charge is 2.25. The summed E-state index contributed by atoms with van der Waals surface area (Å²) in [7, 11) is -3.67. The Hall–Kier alpha value is -2.61. The quantitative estimate of drug-likeness (QED) is 0.926. The van der Waals surface area contributed by atoms with Gasteiger partial charge in [-0.25, -0.2) is 4.79 Å². The summed E-state index contributed by atoms with van der Waals surface area (Å²) in [5.41, 5.74) is 0.514. The van der Waals surface area contributed by atoms with Crippen LogP contribution in [0.3, 0.4) is 0 Å². The molecule has 1 N–H and O–H groups in total. The second-order valence-electron chi connectivity index (χ2n) is 4.40. The number of carbonyl (C=O) groups is 1. The molecular weight excluding hydrogens is 296 g/mol. The minimum Gasteiger partial charge on any atom is -0.478 e. The van der Waals surface area contributed by atoms with Crippen molar-refractivity contribution in [2.24, 2.45) is 4.40 Å². The van der Waals surface area contributed by atoms with Crippen molar-refractivity contribution < 1.29 is 22.7 Å². The van der Waals surface area contributed by atoms with Crippen LogP contribution in [0.15, 0.2) is 50.3 Å². The van der Waals surface area contributed by atoms with E-state index in [-0.39, 0.29) is 17.0 Å². The molecule has 108 valence electrons. The fourth-order valence-electron chi connectivity index (χ4n) is 2.02. The fraction of sp³-hybridized carbons (Fsp3) is 0.0769. The molecule has 0 spiro atoms. The Morgan fingerprint density at radius 1 is 1.33 bits per heavy atom. The predicted octanol–water partition coefficient (Wildman–Crippen LogP) is 1.72. The van der Waals surface area contributed by atoms with E-state index in [2.05, 4.69) is 4.40 Å². The number of furan rings is 1. The molecule has 0 fully saturated rings. The number of hydrogen-bond donors (Lipinski definition) is 1. The molecule has 0 bridgehead atoms. The van der Waals surface area contributed by atoms with Crippen LogP contribution in [0.5, 0.6) is 0 Å². The molecule has 7 nitrogen and oxygen atoms in total. The minimum atomic E-state index is -3.67. The van der Waals surface area contributed by atoms with E-state index >= 15 is 0 Å². The monoisotopic (exact) mass is 306 g/mol. The molecule has 1 aliphatic rings. The molecule has 21 heavy (non-hydrogen) atoms. The molecule has 2 aromatic rings. The number of fused-ring (bicyclic) bond motifs is 1. The van der Waals surface area contributed by atoms with Crippen LogP contribution in [-0.2, 0) is 16.6 Å². The Bertz CT molecular complexity index is 838. The highest BCUT2D eigenvalue weighted by molar-refractivity contribution is 7.90. The second-order valence-corrected chi connectivity index (χ2v) is 6.00. The molecule has 1 aliphatic heterocycles. The van der Waals surface area contributed by atoms with E-state index in [1.165, 1.54) is 18.5 Å². The lowest BCUT2D eigenvalue weighted by Gasteiger charge is -2.23. The van der Waals surface area contributed by atoms with Crippen molar-refractivity contribution in [3.8, 4) is 0 Å². The van der Waals surface area contributed by atoms with E-state index in [4.69, 9.17) is 9.52 Å². The van der Waals surface area contributed by atoms with Crippen molar-refractivity contribution in [3.63, 3.8) is 0 Å². The van der Waals surface area contributed by atoms with Gasteiger partial charge in [-0.3, -0.25) is 0 Å². The molecule has 1 aromatic heterocycles. The van der Waals surface area contributed by atoms with Crippen molar-refractivity contribution >= 4 is 28.0 Å². The number of rotatable bonds is 3. The highest BCUT2D eigenvalue weighted by atomic mass is 32.2. The van der Waals surface area contributed by atoms with Gasteiger partial charge in [0.05, 0.1) is 17.8 Å². The van der Waals surface area contributed by atoms with Crippen LogP contribution in [-0.4, -0.2) is 25.8 Å². The van der Waals surface area contributed by atoms with Crippen molar-refractivity contribution in [3.05, 3.63) is 47.9 Å². The Kier molecular flexibility index (Phi) is 3.02. The van der Waals surface area contributed by atoms with Gasteiger partial charge < -0.3 is 14.4 Å². The maximum atomic E-state index is 11.8. The van der Waals surface area contributed by atoms with Gasteiger partial charge in [0.2, 0.25) is 0 Å². The molecule has 0 saturated carbocycles. The first kappa shape index (κ1) is 13.4. The third-order valence-electron chi connectivity index (χ3n) is 3.00. The summed E-state index contributed by atoms with van der Waals surface area (Å²) in [6, 6.07) is 7.84. The molecule has 3 rings (SSSR count). The zero-order valence-electron chi connectivity index (χ0n) is 10.6. The van der Waals surface area contributed by atoms with E-state index in [0.717, 1.165) is 6.26 Å². The topological polar surface area (TPSA) is 100 Å². The summed E-state index contributed by atoms with van der Waals surface area (Å²) in [6.45, 7) is 0.184. The summed E-state index contributed by atoms with van der Waals surface area (Å²) < 4.78 is 32.4. The van der Waals surface area contributed by atoms with Gasteiger partial charge >= 0.3 is 5.97 Å². The number of anilines is 1. The van der Waals surface area contributed by atoms with Crippen molar-refractivity contribution in [1.82, 2.24) is 0 Å². The summed E-state index contributed by atoms with van der Waals surface area (Å²) in [5, 5.41) is 8.85. The lowest BCUT2D eigenvalue weighted by molar-refractivity contribution is 0.0696. The number of carboxylic acid groups (broad SMARTS) is 1. The third kappa shape index (κ3) is 2.40. The van der Waals surface area contributed by atoms with Gasteiger partial charge in [-0.2, -0.15) is 8.42 Å². The number of carboxylic acids is 1. The van der Waals surface area contributed by atoms with Gasteiger partial charge in [-0.15, -0.1) is 4.40 Å². The van der Waals surface area contributed by atoms with Crippen LogP contribution < -0.4 is 4.90 Å². The zero-order chi connectivity index (χ0) is 15.0. The standard InChI is InChI=1S/C13H10N2O5S/c16-13(17)9-5-10(20-7-9)6-15-8-14-21(18,19)12-4-2-1-3-11(12)15/h1-5,7-8H,6H2,(H,16,17). The minimum absolute atomic E-state index is 0.0415. The number of nitrogens with zero attached hydrogens (tertiary/aromatic N) is 2. The highest BCUT2D eigenvalue weighted by Crippen LogP contribution is 2.30. The first-order valence-electron chi connectivity index (χ1n) is 5.94. The molecule has 0 unspecified atom stereocenters. The molecule has 0 saturated heterocycles. The van der Waals surface area contributed by atoms with E-state index in [1.807, 2.05) is 0 Å². The molecule has 1 aromatic carbocycles. The molecule has 0 radical (unpaired) electrons.